The van der Waals surface area contributed by atoms with Crippen LogP contribution in [0.4, 0.5) is 0 Å². The van der Waals surface area contributed by atoms with E-state index in [9.17, 15) is 0 Å². The molecule has 0 saturated heterocycles. The van der Waals surface area contributed by atoms with Gasteiger partial charge in [0, 0.05) is 6.61 Å². The molecular formula is C10H22O2S. The SMILES string of the molecule is CC(C)(C)OCCOCCCCS. The highest BCUT2D eigenvalue weighted by molar-refractivity contribution is 7.80. The fourth-order valence-corrected chi connectivity index (χ4v) is 1.05. The first-order chi connectivity index (χ1) is 6.06. The Labute approximate surface area is 87.4 Å². The normalized spacial score (nSPS) is 12.0. The summed E-state index contributed by atoms with van der Waals surface area (Å²) in [6.07, 6.45) is 2.22. The van der Waals surface area contributed by atoms with E-state index in [1.165, 1.54) is 0 Å². The lowest BCUT2D eigenvalue weighted by atomic mass is 10.2. The monoisotopic (exact) mass is 206 g/mol. The van der Waals surface area contributed by atoms with Crippen LogP contribution >= 0.6 is 12.6 Å². The van der Waals surface area contributed by atoms with E-state index >= 15 is 0 Å². The number of ether oxygens (including phenoxy) is 2. The fourth-order valence-electron chi connectivity index (χ4n) is 0.825. The maximum atomic E-state index is 5.50. The smallest absolute Gasteiger partial charge is 0.0707 e. The van der Waals surface area contributed by atoms with Gasteiger partial charge in [-0.25, -0.2) is 0 Å². The van der Waals surface area contributed by atoms with Crippen molar-refractivity contribution >= 4 is 12.6 Å². The van der Waals surface area contributed by atoms with Crippen LogP contribution in [0.1, 0.15) is 33.6 Å². The quantitative estimate of drug-likeness (QED) is 0.510. The average Bonchev–Trinajstić information content (AvgIpc) is 2.01. The maximum absolute atomic E-state index is 5.50. The summed E-state index contributed by atoms with van der Waals surface area (Å²) in [4.78, 5) is 0. The standard InChI is InChI=1S/C10H22O2S/c1-10(2,3)12-8-7-11-6-4-5-9-13/h13H,4-9H2,1-3H3. The fraction of sp³-hybridized carbons (Fsp3) is 1.00. The van der Waals surface area contributed by atoms with Crippen molar-refractivity contribution in [3.63, 3.8) is 0 Å². The van der Waals surface area contributed by atoms with Crippen molar-refractivity contribution in [2.45, 2.75) is 39.2 Å². The molecule has 13 heavy (non-hydrogen) atoms. The Morgan fingerprint density at radius 1 is 1.00 bits per heavy atom. The molecule has 0 saturated carbocycles. The zero-order valence-electron chi connectivity index (χ0n) is 9.01. The zero-order valence-corrected chi connectivity index (χ0v) is 9.90. The van der Waals surface area contributed by atoms with E-state index in [0.717, 1.165) is 25.2 Å². The Kier molecular flexibility index (Phi) is 7.81. The second-order valence-corrected chi connectivity index (χ2v) is 4.45. The van der Waals surface area contributed by atoms with Gasteiger partial charge < -0.3 is 9.47 Å². The highest BCUT2D eigenvalue weighted by Gasteiger charge is 2.08. The molecule has 0 unspecified atom stereocenters. The predicted molar refractivity (Wildman–Crippen MR) is 59.6 cm³/mol. The van der Waals surface area contributed by atoms with Crippen molar-refractivity contribution in [3.05, 3.63) is 0 Å². The van der Waals surface area contributed by atoms with E-state index in [-0.39, 0.29) is 5.60 Å². The molecule has 0 rings (SSSR count). The minimum Gasteiger partial charge on any atom is -0.379 e. The van der Waals surface area contributed by atoms with Gasteiger partial charge in [0.05, 0.1) is 18.8 Å². The Hall–Kier alpha value is 0.270. The van der Waals surface area contributed by atoms with Crippen LogP contribution < -0.4 is 0 Å². The molecule has 0 aliphatic heterocycles. The average molecular weight is 206 g/mol. The molecule has 0 amide bonds. The molecule has 0 aromatic rings. The molecule has 3 heteroatoms. The van der Waals surface area contributed by atoms with Gasteiger partial charge in [-0.2, -0.15) is 12.6 Å². The number of hydrogen-bond acceptors (Lipinski definition) is 3. The van der Waals surface area contributed by atoms with E-state index in [4.69, 9.17) is 9.47 Å². The van der Waals surface area contributed by atoms with Crippen LogP contribution in [0.15, 0.2) is 0 Å². The summed E-state index contributed by atoms with van der Waals surface area (Å²) < 4.78 is 10.9. The van der Waals surface area contributed by atoms with Gasteiger partial charge in [0.15, 0.2) is 0 Å². The van der Waals surface area contributed by atoms with Crippen LogP contribution in [0.5, 0.6) is 0 Å². The highest BCUT2D eigenvalue weighted by Crippen LogP contribution is 2.05. The number of thiol groups is 1. The molecule has 0 aliphatic carbocycles. The van der Waals surface area contributed by atoms with Crippen molar-refractivity contribution in [2.75, 3.05) is 25.6 Å². The Bertz CT molecular complexity index is 110. The third-order valence-corrected chi connectivity index (χ3v) is 1.78. The summed E-state index contributed by atoms with van der Waals surface area (Å²) in [5.74, 6) is 0.946. The summed E-state index contributed by atoms with van der Waals surface area (Å²) in [5, 5.41) is 0. The molecule has 0 aromatic heterocycles. The first-order valence-corrected chi connectivity index (χ1v) is 5.52. The topological polar surface area (TPSA) is 18.5 Å². The van der Waals surface area contributed by atoms with Gasteiger partial charge in [-0.05, 0) is 39.4 Å². The zero-order chi connectivity index (χ0) is 10.2. The molecule has 0 aliphatic rings. The van der Waals surface area contributed by atoms with Crippen LogP contribution in [0, 0.1) is 0 Å². The molecule has 0 radical (unpaired) electrons. The minimum atomic E-state index is -0.0472. The lowest BCUT2D eigenvalue weighted by Crippen LogP contribution is -2.21. The van der Waals surface area contributed by atoms with E-state index < -0.39 is 0 Å². The maximum Gasteiger partial charge on any atom is 0.0707 e. The second kappa shape index (κ2) is 7.65. The molecule has 0 spiro atoms. The molecular weight excluding hydrogens is 184 g/mol. The van der Waals surface area contributed by atoms with Crippen LogP contribution in [0.25, 0.3) is 0 Å². The van der Waals surface area contributed by atoms with Gasteiger partial charge in [-0.3, -0.25) is 0 Å². The van der Waals surface area contributed by atoms with Crippen LogP contribution in [0.2, 0.25) is 0 Å². The van der Waals surface area contributed by atoms with E-state index in [1.54, 1.807) is 0 Å². The summed E-state index contributed by atoms with van der Waals surface area (Å²) in [6, 6.07) is 0. The summed E-state index contributed by atoms with van der Waals surface area (Å²) >= 11 is 4.12. The van der Waals surface area contributed by atoms with Gasteiger partial charge in [0.25, 0.3) is 0 Å². The summed E-state index contributed by atoms with van der Waals surface area (Å²) in [7, 11) is 0. The molecule has 0 atom stereocenters. The number of unbranched alkanes of at least 4 members (excludes halogenated alkanes) is 1. The van der Waals surface area contributed by atoms with Gasteiger partial charge in [0.2, 0.25) is 0 Å². The molecule has 80 valence electrons. The van der Waals surface area contributed by atoms with Gasteiger partial charge in [-0.15, -0.1) is 0 Å². The van der Waals surface area contributed by atoms with Crippen LogP contribution in [-0.2, 0) is 9.47 Å². The minimum absolute atomic E-state index is 0.0472. The van der Waals surface area contributed by atoms with Crippen molar-refractivity contribution in [3.8, 4) is 0 Å². The Balaban J connectivity index is 3.00. The molecule has 0 fully saturated rings. The molecule has 0 bridgehead atoms. The van der Waals surface area contributed by atoms with Crippen molar-refractivity contribution in [2.24, 2.45) is 0 Å². The Morgan fingerprint density at radius 3 is 2.23 bits per heavy atom. The van der Waals surface area contributed by atoms with Gasteiger partial charge in [0.1, 0.15) is 0 Å². The summed E-state index contributed by atoms with van der Waals surface area (Å²) in [6.45, 7) is 8.36. The first kappa shape index (κ1) is 13.3. The predicted octanol–water partition coefficient (Wildman–Crippen LogP) is 2.53. The van der Waals surface area contributed by atoms with Crippen LogP contribution in [-0.4, -0.2) is 31.2 Å². The lowest BCUT2D eigenvalue weighted by Gasteiger charge is -2.19. The third-order valence-electron chi connectivity index (χ3n) is 1.46. The molecule has 0 N–H and O–H groups in total. The second-order valence-electron chi connectivity index (χ2n) is 4.00. The van der Waals surface area contributed by atoms with Crippen molar-refractivity contribution in [1.82, 2.24) is 0 Å². The number of hydrogen-bond donors (Lipinski definition) is 1. The first-order valence-electron chi connectivity index (χ1n) is 4.89. The van der Waals surface area contributed by atoms with E-state index in [0.29, 0.717) is 13.2 Å². The van der Waals surface area contributed by atoms with Gasteiger partial charge in [-0.1, -0.05) is 0 Å². The van der Waals surface area contributed by atoms with E-state index in [1.807, 2.05) is 20.8 Å². The Morgan fingerprint density at radius 2 is 1.69 bits per heavy atom. The highest BCUT2D eigenvalue weighted by atomic mass is 32.1. The van der Waals surface area contributed by atoms with Crippen molar-refractivity contribution in [1.29, 1.82) is 0 Å². The summed E-state index contributed by atoms with van der Waals surface area (Å²) in [5.41, 5.74) is -0.0472. The van der Waals surface area contributed by atoms with Gasteiger partial charge >= 0.3 is 0 Å². The molecule has 0 heterocycles. The third kappa shape index (κ3) is 12.3. The van der Waals surface area contributed by atoms with Crippen molar-refractivity contribution < 1.29 is 9.47 Å². The van der Waals surface area contributed by atoms with Crippen LogP contribution in [0.3, 0.4) is 0 Å². The molecule has 0 aromatic carbocycles. The number of rotatable bonds is 7. The van der Waals surface area contributed by atoms with E-state index in [2.05, 4.69) is 12.6 Å². The lowest BCUT2D eigenvalue weighted by molar-refractivity contribution is -0.0350. The molecule has 2 nitrogen and oxygen atoms in total. The largest absolute Gasteiger partial charge is 0.379 e.